The van der Waals surface area contributed by atoms with Crippen molar-refractivity contribution < 1.29 is 4.79 Å². The van der Waals surface area contributed by atoms with Crippen LogP contribution in [0.5, 0.6) is 0 Å². The number of carbonyl (C=O) groups is 1. The quantitative estimate of drug-likeness (QED) is 0.637. The van der Waals surface area contributed by atoms with Gasteiger partial charge in [0.15, 0.2) is 0 Å². The zero-order valence-corrected chi connectivity index (χ0v) is 10.5. The van der Waals surface area contributed by atoms with Crippen molar-refractivity contribution in [3.05, 3.63) is 0 Å². The summed E-state index contributed by atoms with van der Waals surface area (Å²) in [6.07, 6.45) is 4.13. The number of rotatable bonds is 8. The van der Waals surface area contributed by atoms with Crippen LogP contribution in [0.4, 0.5) is 0 Å². The summed E-state index contributed by atoms with van der Waals surface area (Å²) in [4.78, 5) is 13.8. The van der Waals surface area contributed by atoms with E-state index in [-0.39, 0.29) is 5.91 Å². The first kappa shape index (κ1) is 13.5. The van der Waals surface area contributed by atoms with Crippen LogP contribution in [0.1, 0.15) is 32.6 Å². The van der Waals surface area contributed by atoms with Gasteiger partial charge in [-0.2, -0.15) is 0 Å². The lowest BCUT2D eigenvalue weighted by Gasteiger charge is -2.16. The Morgan fingerprint density at radius 3 is 2.81 bits per heavy atom. The number of nitrogens with two attached hydrogens (primary N) is 1. The topological polar surface area (TPSA) is 58.4 Å². The molecule has 1 rings (SSSR count). The standard InChI is InChI=1S/C12H25N3O/c1-10(9-13)3-6-12(16)14-7-8-15(2)11-4-5-11/h10-11H,3-9,13H2,1-2H3,(H,14,16). The molecule has 1 saturated carbocycles. The highest BCUT2D eigenvalue weighted by Gasteiger charge is 2.25. The fraction of sp³-hybridized carbons (Fsp3) is 0.917. The van der Waals surface area contributed by atoms with Crippen molar-refractivity contribution in [3.63, 3.8) is 0 Å². The molecule has 4 heteroatoms. The normalized spacial score (nSPS) is 17.5. The van der Waals surface area contributed by atoms with Crippen LogP contribution in [0.25, 0.3) is 0 Å². The summed E-state index contributed by atoms with van der Waals surface area (Å²) in [7, 11) is 2.13. The number of nitrogens with zero attached hydrogens (tertiary/aromatic N) is 1. The third kappa shape index (κ3) is 5.47. The minimum atomic E-state index is 0.157. The molecule has 0 aromatic rings. The molecule has 0 heterocycles. The maximum absolute atomic E-state index is 11.5. The van der Waals surface area contributed by atoms with E-state index in [1.165, 1.54) is 12.8 Å². The van der Waals surface area contributed by atoms with Crippen molar-refractivity contribution in [1.29, 1.82) is 0 Å². The zero-order chi connectivity index (χ0) is 12.0. The van der Waals surface area contributed by atoms with Gasteiger partial charge in [-0.15, -0.1) is 0 Å². The summed E-state index contributed by atoms with van der Waals surface area (Å²) in [5.74, 6) is 0.601. The summed E-state index contributed by atoms with van der Waals surface area (Å²) < 4.78 is 0. The number of likely N-dealkylation sites (N-methyl/N-ethyl adjacent to an activating group) is 1. The van der Waals surface area contributed by atoms with Crippen LogP contribution in [0.2, 0.25) is 0 Å². The molecule has 0 aromatic carbocycles. The average Bonchev–Trinajstić information content (AvgIpc) is 3.09. The van der Waals surface area contributed by atoms with Crippen molar-refractivity contribution in [2.24, 2.45) is 11.7 Å². The van der Waals surface area contributed by atoms with Gasteiger partial charge in [0.25, 0.3) is 0 Å². The number of carbonyl (C=O) groups excluding carboxylic acids is 1. The first-order valence-corrected chi connectivity index (χ1v) is 6.30. The maximum atomic E-state index is 11.5. The summed E-state index contributed by atoms with van der Waals surface area (Å²) in [6.45, 7) is 4.47. The minimum absolute atomic E-state index is 0.157. The maximum Gasteiger partial charge on any atom is 0.220 e. The molecule has 3 N–H and O–H groups in total. The largest absolute Gasteiger partial charge is 0.355 e. The molecule has 94 valence electrons. The highest BCUT2D eigenvalue weighted by molar-refractivity contribution is 5.75. The zero-order valence-electron chi connectivity index (χ0n) is 10.5. The first-order valence-electron chi connectivity index (χ1n) is 6.30. The Morgan fingerprint density at radius 1 is 1.56 bits per heavy atom. The van der Waals surface area contributed by atoms with E-state index in [4.69, 9.17) is 5.73 Å². The van der Waals surface area contributed by atoms with Gasteiger partial charge in [-0.3, -0.25) is 4.79 Å². The predicted octanol–water partition coefficient (Wildman–Crippen LogP) is 0.572. The molecule has 1 unspecified atom stereocenters. The molecular weight excluding hydrogens is 202 g/mol. The molecule has 1 aliphatic rings. The second kappa shape index (κ2) is 6.86. The van der Waals surface area contributed by atoms with Crippen molar-refractivity contribution in [2.75, 3.05) is 26.7 Å². The Bertz CT molecular complexity index is 216. The van der Waals surface area contributed by atoms with Gasteiger partial charge >= 0.3 is 0 Å². The van der Waals surface area contributed by atoms with E-state index in [0.717, 1.165) is 25.6 Å². The third-order valence-electron chi connectivity index (χ3n) is 3.22. The molecule has 0 saturated heterocycles. The van der Waals surface area contributed by atoms with Crippen molar-refractivity contribution in [1.82, 2.24) is 10.2 Å². The Morgan fingerprint density at radius 2 is 2.25 bits per heavy atom. The summed E-state index contributed by atoms with van der Waals surface area (Å²) in [5.41, 5.74) is 5.50. The monoisotopic (exact) mass is 227 g/mol. The molecule has 0 bridgehead atoms. The molecule has 0 spiro atoms. The molecule has 0 radical (unpaired) electrons. The van der Waals surface area contributed by atoms with E-state index < -0.39 is 0 Å². The lowest BCUT2D eigenvalue weighted by molar-refractivity contribution is -0.121. The van der Waals surface area contributed by atoms with Gasteiger partial charge < -0.3 is 16.0 Å². The van der Waals surface area contributed by atoms with Gasteiger partial charge in [-0.25, -0.2) is 0 Å². The van der Waals surface area contributed by atoms with Crippen LogP contribution in [0.15, 0.2) is 0 Å². The van der Waals surface area contributed by atoms with Crippen LogP contribution in [-0.2, 0) is 4.79 Å². The van der Waals surface area contributed by atoms with E-state index in [0.29, 0.717) is 18.9 Å². The minimum Gasteiger partial charge on any atom is -0.355 e. The Kier molecular flexibility index (Phi) is 5.77. The third-order valence-corrected chi connectivity index (χ3v) is 3.22. The lowest BCUT2D eigenvalue weighted by Crippen LogP contribution is -2.34. The molecule has 1 atom stereocenters. The van der Waals surface area contributed by atoms with E-state index in [1.807, 2.05) is 0 Å². The number of hydrogen-bond acceptors (Lipinski definition) is 3. The molecule has 1 fully saturated rings. The SMILES string of the molecule is CC(CN)CCC(=O)NCCN(C)C1CC1. The number of nitrogens with one attached hydrogen (secondary N) is 1. The highest BCUT2D eigenvalue weighted by atomic mass is 16.1. The van der Waals surface area contributed by atoms with E-state index >= 15 is 0 Å². The van der Waals surface area contributed by atoms with Gasteiger partial charge in [0, 0.05) is 25.6 Å². The molecule has 1 aliphatic carbocycles. The summed E-state index contributed by atoms with van der Waals surface area (Å²) in [5, 5.41) is 2.95. The van der Waals surface area contributed by atoms with Gasteiger partial charge in [0.2, 0.25) is 5.91 Å². The molecule has 0 aromatic heterocycles. The number of hydrogen-bond donors (Lipinski definition) is 2. The Balaban J connectivity index is 1.97. The Hall–Kier alpha value is -0.610. The van der Waals surface area contributed by atoms with Crippen LogP contribution < -0.4 is 11.1 Å². The smallest absolute Gasteiger partial charge is 0.220 e. The van der Waals surface area contributed by atoms with Gasteiger partial charge in [0.1, 0.15) is 0 Å². The lowest BCUT2D eigenvalue weighted by atomic mass is 10.1. The van der Waals surface area contributed by atoms with Crippen LogP contribution in [0, 0.1) is 5.92 Å². The van der Waals surface area contributed by atoms with Crippen LogP contribution >= 0.6 is 0 Å². The Labute approximate surface area is 98.6 Å². The van der Waals surface area contributed by atoms with Crippen LogP contribution in [0.3, 0.4) is 0 Å². The van der Waals surface area contributed by atoms with Gasteiger partial charge in [-0.1, -0.05) is 6.92 Å². The van der Waals surface area contributed by atoms with E-state index in [2.05, 4.69) is 24.2 Å². The van der Waals surface area contributed by atoms with Crippen molar-refractivity contribution >= 4 is 5.91 Å². The van der Waals surface area contributed by atoms with Gasteiger partial charge in [0.05, 0.1) is 0 Å². The predicted molar refractivity (Wildman–Crippen MR) is 66.1 cm³/mol. The molecule has 1 amide bonds. The molecule has 0 aliphatic heterocycles. The first-order chi connectivity index (χ1) is 7.63. The molecular formula is C12H25N3O. The van der Waals surface area contributed by atoms with Crippen molar-refractivity contribution in [2.45, 2.75) is 38.6 Å². The molecule has 16 heavy (non-hydrogen) atoms. The second-order valence-electron chi connectivity index (χ2n) is 4.94. The molecule has 4 nitrogen and oxygen atoms in total. The highest BCUT2D eigenvalue weighted by Crippen LogP contribution is 2.24. The average molecular weight is 227 g/mol. The van der Waals surface area contributed by atoms with Crippen LogP contribution in [-0.4, -0.2) is 43.5 Å². The fourth-order valence-electron chi connectivity index (χ4n) is 1.65. The van der Waals surface area contributed by atoms with E-state index in [9.17, 15) is 4.79 Å². The summed E-state index contributed by atoms with van der Waals surface area (Å²) >= 11 is 0. The number of amides is 1. The fourth-order valence-corrected chi connectivity index (χ4v) is 1.65. The summed E-state index contributed by atoms with van der Waals surface area (Å²) in [6, 6.07) is 0.772. The second-order valence-corrected chi connectivity index (χ2v) is 4.94. The van der Waals surface area contributed by atoms with Gasteiger partial charge in [-0.05, 0) is 38.8 Å². The van der Waals surface area contributed by atoms with Crippen molar-refractivity contribution in [3.8, 4) is 0 Å². The van der Waals surface area contributed by atoms with E-state index in [1.54, 1.807) is 0 Å².